The van der Waals surface area contributed by atoms with Gasteiger partial charge in [-0.25, -0.2) is 0 Å². The molecule has 2 rings (SSSR count). The van der Waals surface area contributed by atoms with Crippen molar-refractivity contribution in [2.45, 2.75) is 26.1 Å². The summed E-state index contributed by atoms with van der Waals surface area (Å²) in [5.74, 6) is -1.48. The van der Waals surface area contributed by atoms with Gasteiger partial charge in [-0.2, -0.15) is 13.2 Å². The summed E-state index contributed by atoms with van der Waals surface area (Å²) < 4.78 is 38.3. The maximum absolute atomic E-state index is 12.8. The molecule has 0 bridgehead atoms. The lowest BCUT2D eigenvalue weighted by atomic mass is 10.1. The predicted octanol–water partition coefficient (Wildman–Crippen LogP) is 3.42. The van der Waals surface area contributed by atoms with Crippen molar-refractivity contribution >= 4 is 29.1 Å². The third-order valence-electron chi connectivity index (χ3n) is 3.65. The molecule has 3 amide bonds. The van der Waals surface area contributed by atoms with Crippen LogP contribution in [0.3, 0.4) is 0 Å². The van der Waals surface area contributed by atoms with Gasteiger partial charge in [0.15, 0.2) is 0 Å². The van der Waals surface area contributed by atoms with E-state index in [9.17, 15) is 27.6 Å². The average Bonchev–Trinajstić information content (AvgIpc) is 2.61. The highest BCUT2D eigenvalue weighted by atomic mass is 19.4. The molecule has 6 nitrogen and oxygen atoms in total. The molecule has 0 aliphatic rings. The Morgan fingerprint density at radius 2 is 1.54 bits per heavy atom. The molecule has 0 fully saturated rings. The van der Waals surface area contributed by atoms with Gasteiger partial charge in [-0.05, 0) is 43.3 Å². The fourth-order valence-corrected chi connectivity index (χ4v) is 2.34. The van der Waals surface area contributed by atoms with Crippen LogP contribution < -0.4 is 16.0 Å². The van der Waals surface area contributed by atoms with Gasteiger partial charge in [-0.3, -0.25) is 14.4 Å². The zero-order chi connectivity index (χ0) is 20.9. The summed E-state index contributed by atoms with van der Waals surface area (Å²) in [5.41, 5.74) is -0.437. The van der Waals surface area contributed by atoms with Gasteiger partial charge in [0, 0.05) is 23.9 Å². The Morgan fingerprint density at radius 3 is 2.14 bits per heavy atom. The Hall–Kier alpha value is -3.36. The zero-order valence-corrected chi connectivity index (χ0v) is 15.1. The van der Waals surface area contributed by atoms with Crippen molar-refractivity contribution in [2.24, 2.45) is 0 Å². The van der Waals surface area contributed by atoms with E-state index in [0.717, 1.165) is 12.1 Å². The number of halogens is 3. The minimum absolute atomic E-state index is 0.00598. The summed E-state index contributed by atoms with van der Waals surface area (Å²) >= 11 is 0. The van der Waals surface area contributed by atoms with Crippen molar-refractivity contribution in [1.29, 1.82) is 0 Å². The van der Waals surface area contributed by atoms with Crippen LogP contribution in [0.2, 0.25) is 0 Å². The molecule has 0 aliphatic heterocycles. The first kappa shape index (κ1) is 20.9. The molecular weight excluding hydrogens is 375 g/mol. The van der Waals surface area contributed by atoms with E-state index in [4.69, 9.17) is 0 Å². The van der Waals surface area contributed by atoms with Crippen molar-refractivity contribution in [3.63, 3.8) is 0 Å². The molecule has 0 saturated carbocycles. The number of rotatable bonds is 5. The quantitative estimate of drug-likeness (QED) is 0.728. The first-order valence-corrected chi connectivity index (χ1v) is 8.23. The lowest BCUT2D eigenvalue weighted by Crippen LogP contribution is -2.40. The van der Waals surface area contributed by atoms with Gasteiger partial charge in [0.1, 0.15) is 6.04 Å². The van der Waals surface area contributed by atoms with Gasteiger partial charge in [0.25, 0.3) is 5.91 Å². The molecule has 2 aromatic rings. The number of nitrogens with one attached hydrogen (secondary N) is 3. The lowest BCUT2D eigenvalue weighted by molar-refractivity contribution is -0.137. The second-order valence-corrected chi connectivity index (χ2v) is 6.02. The summed E-state index contributed by atoms with van der Waals surface area (Å²) in [5, 5.41) is 7.37. The van der Waals surface area contributed by atoms with Crippen LogP contribution in [0.1, 0.15) is 29.8 Å². The number of benzene rings is 2. The summed E-state index contributed by atoms with van der Waals surface area (Å²) in [6.07, 6.45) is -4.52. The monoisotopic (exact) mass is 393 g/mol. The van der Waals surface area contributed by atoms with E-state index < -0.39 is 29.6 Å². The third kappa shape index (κ3) is 5.83. The first-order chi connectivity index (χ1) is 13.1. The highest BCUT2D eigenvalue weighted by molar-refractivity contribution is 6.05. The molecule has 2 aromatic carbocycles. The van der Waals surface area contributed by atoms with Crippen LogP contribution >= 0.6 is 0 Å². The Morgan fingerprint density at radius 1 is 0.929 bits per heavy atom. The highest BCUT2D eigenvalue weighted by Gasteiger charge is 2.30. The molecule has 0 spiro atoms. The Labute approximate surface area is 159 Å². The van der Waals surface area contributed by atoms with Gasteiger partial charge in [0.05, 0.1) is 5.56 Å². The minimum Gasteiger partial charge on any atom is -0.345 e. The van der Waals surface area contributed by atoms with Crippen LogP contribution in [0, 0.1) is 0 Å². The summed E-state index contributed by atoms with van der Waals surface area (Å²) in [4.78, 5) is 35.3. The number of carbonyl (C=O) groups excluding carboxylic acids is 3. The molecule has 28 heavy (non-hydrogen) atoms. The number of anilines is 2. The second-order valence-electron chi connectivity index (χ2n) is 6.02. The lowest BCUT2D eigenvalue weighted by Gasteiger charge is -2.13. The highest BCUT2D eigenvalue weighted by Crippen LogP contribution is 2.30. The standard InChI is InChI=1S/C19H18F3N3O3/c1-11(23-12(2)26)17(27)24-15-7-3-5-13(9-15)18(28)25-16-8-4-6-14(10-16)19(20,21)22/h3-11H,1-2H3,(H,23,26)(H,24,27)(H,25,28)/t11-/m0/s1. The normalized spacial score (nSPS) is 12.0. The predicted molar refractivity (Wildman–Crippen MR) is 97.7 cm³/mol. The van der Waals surface area contributed by atoms with E-state index >= 15 is 0 Å². The van der Waals surface area contributed by atoms with E-state index in [2.05, 4.69) is 16.0 Å². The molecule has 148 valence electrons. The Balaban J connectivity index is 2.10. The van der Waals surface area contributed by atoms with E-state index in [1.54, 1.807) is 6.07 Å². The number of hydrogen-bond donors (Lipinski definition) is 3. The van der Waals surface area contributed by atoms with Gasteiger partial charge in [-0.1, -0.05) is 12.1 Å². The van der Waals surface area contributed by atoms with Crippen LogP contribution in [-0.4, -0.2) is 23.8 Å². The van der Waals surface area contributed by atoms with E-state index in [1.165, 1.54) is 44.2 Å². The van der Waals surface area contributed by atoms with Crippen LogP contribution in [0.25, 0.3) is 0 Å². The maximum atomic E-state index is 12.8. The largest absolute Gasteiger partial charge is 0.416 e. The van der Waals surface area contributed by atoms with Crippen LogP contribution in [0.5, 0.6) is 0 Å². The van der Waals surface area contributed by atoms with Crippen LogP contribution in [-0.2, 0) is 15.8 Å². The van der Waals surface area contributed by atoms with Crippen molar-refractivity contribution in [3.8, 4) is 0 Å². The fourth-order valence-electron chi connectivity index (χ4n) is 2.34. The van der Waals surface area contributed by atoms with Gasteiger partial charge < -0.3 is 16.0 Å². The number of alkyl halides is 3. The summed E-state index contributed by atoms with van der Waals surface area (Å²) in [7, 11) is 0. The van der Waals surface area contributed by atoms with Crippen LogP contribution in [0.15, 0.2) is 48.5 Å². The topological polar surface area (TPSA) is 87.3 Å². The van der Waals surface area contributed by atoms with Crippen molar-refractivity contribution in [1.82, 2.24) is 5.32 Å². The zero-order valence-electron chi connectivity index (χ0n) is 15.1. The third-order valence-corrected chi connectivity index (χ3v) is 3.65. The van der Waals surface area contributed by atoms with Crippen LogP contribution in [0.4, 0.5) is 24.5 Å². The smallest absolute Gasteiger partial charge is 0.345 e. The molecule has 0 heterocycles. The molecule has 0 aliphatic carbocycles. The molecular formula is C19H18F3N3O3. The van der Waals surface area contributed by atoms with E-state index in [1.807, 2.05) is 0 Å². The Bertz CT molecular complexity index is 897. The van der Waals surface area contributed by atoms with Crippen molar-refractivity contribution < 1.29 is 27.6 Å². The fraction of sp³-hybridized carbons (Fsp3) is 0.211. The number of hydrogen-bond acceptors (Lipinski definition) is 3. The van der Waals surface area contributed by atoms with Gasteiger partial charge in [0.2, 0.25) is 11.8 Å². The minimum atomic E-state index is -4.52. The molecule has 0 radical (unpaired) electrons. The Kier molecular flexibility index (Phi) is 6.40. The molecule has 0 saturated heterocycles. The average molecular weight is 393 g/mol. The van der Waals surface area contributed by atoms with Crippen molar-refractivity contribution in [3.05, 3.63) is 59.7 Å². The maximum Gasteiger partial charge on any atom is 0.416 e. The molecule has 0 aromatic heterocycles. The van der Waals surface area contributed by atoms with E-state index in [-0.39, 0.29) is 17.2 Å². The SMILES string of the molecule is CC(=O)N[C@@H](C)C(=O)Nc1cccc(C(=O)Nc2cccc(C(F)(F)F)c2)c1. The first-order valence-electron chi connectivity index (χ1n) is 8.23. The van der Waals surface area contributed by atoms with Gasteiger partial charge in [-0.15, -0.1) is 0 Å². The second kappa shape index (κ2) is 8.55. The van der Waals surface area contributed by atoms with E-state index in [0.29, 0.717) is 5.69 Å². The number of amides is 3. The van der Waals surface area contributed by atoms with Crippen molar-refractivity contribution in [2.75, 3.05) is 10.6 Å². The number of carbonyl (C=O) groups is 3. The summed E-state index contributed by atoms with van der Waals surface area (Å²) in [6.45, 7) is 2.78. The molecule has 0 unspecified atom stereocenters. The molecule has 3 N–H and O–H groups in total. The molecule has 9 heteroatoms. The van der Waals surface area contributed by atoms with Gasteiger partial charge >= 0.3 is 6.18 Å². The molecule has 1 atom stereocenters. The summed E-state index contributed by atoms with van der Waals surface area (Å²) in [6, 6.07) is 9.38.